The molecule has 100 valence electrons. The molecule has 0 aromatic heterocycles. The standard InChI is InChI=1S/C15H14BrClFN/c1-2-10-7-12(16)3-6-15(10)19-9-11-8-13(17)4-5-14(11)18/h3-8,19H,2,9H2,1H3. The van der Waals surface area contributed by atoms with Gasteiger partial charge in [0.2, 0.25) is 0 Å². The molecule has 19 heavy (non-hydrogen) atoms. The average Bonchev–Trinajstić information content (AvgIpc) is 2.40. The van der Waals surface area contributed by atoms with Gasteiger partial charge in [-0.15, -0.1) is 0 Å². The van der Waals surface area contributed by atoms with Crippen molar-refractivity contribution in [1.82, 2.24) is 0 Å². The van der Waals surface area contributed by atoms with E-state index in [4.69, 9.17) is 11.6 Å². The van der Waals surface area contributed by atoms with Crippen molar-refractivity contribution in [3.8, 4) is 0 Å². The lowest BCUT2D eigenvalue weighted by Crippen LogP contribution is -2.04. The number of halogens is 3. The average molecular weight is 343 g/mol. The third-order valence-corrected chi connectivity index (χ3v) is 3.65. The fourth-order valence-corrected chi connectivity index (χ4v) is 2.50. The monoisotopic (exact) mass is 341 g/mol. The van der Waals surface area contributed by atoms with Crippen molar-refractivity contribution in [2.45, 2.75) is 19.9 Å². The molecule has 2 rings (SSSR count). The van der Waals surface area contributed by atoms with Crippen LogP contribution in [0, 0.1) is 5.82 Å². The van der Waals surface area contributed by atoms with Crippen molar-refractivity contribution in [2.75, 3.05) is 5.32 Å². The molecule has 0 spiro atoms. The van der Waals surface area contributed by atoms with Gasteiger partial charge in [-0.3, -0.25) is 0 Å². The quantitative estimate of drug-likeness (QED) is 0.782. The normalized spacial score (nSPS) is 10.5. The zero-order valence-electron chi connectivity index (χ0n) is 10.5. The molecule has 4 heteroatoms. The van der Waals surface area contributed by atoms with E-state index < -0.39 is 0 Å². The molecule has 0 bridgehead atoms. The highest BCUT2D eigenvalue weighted by molar-refractivity contribution is 9.10. The van der Waals surface area contributed by atoms with E-state index in [1.165, 1.54) is 11.6 Å². The zero-order valence-corrected chi connectivity index (χ0v) is 12.9. The Kier molecular flexibility index (Phi) is 4.83. The van der Waals surface area contributed by atoms with Crippen LogP contribution in [0.1, 0.15) is 18.1 Å². The van der Waals surface area contributed by atoms with Gasteiger partial charge >= 0.3 is 0 Å². The molecule has 0 unspecified atom stereocenters. The Morgan fingerprint density at radius 1 is 1.16 bits per heavy atom. The molecule has 0 fully saturated rings. The second-order valence-electron chi connectivity index (χ2n) is 4.24. The van der Waals surface area contributed by atoms with Gasteiger partial charge in [0.15, 0.2) is 0 Å². The summed E-state index contributed by atoms with van der Waals surface area (Å²) in [5.74, 6) is -0.243. The molecule has 2 aromatic rings. The van der Waals surface area contributed by atoms with Gasteiger partial charge in [-0.25, -0.2) is 4.39 Å². The predicted octanol–water partition coefficient (Wildman–Crippen LogP) is 5.42. The van der Waals surface area contributed by atoms with Crippen LogP contribution in [0.3, 0.4) is 0 Å². The van der Waals surface area contributed by atoms with Crippen molar-refractivity contribution in [3.05, 3.63) is 62.8 Å². The number of aryl methyl sites for hydroxylation is 1. The van der Waals surface area contributed by atoms with Crippen LogP contribution in [0.4, 0.5) is 10.1 Å². The van der Waals surface area contributed by atoms with Gasteiger partial charge in [-0.2, -0.15) is 0 Å². The lowest BCUT2D eigenvalue weighted by atomic mass is 10.1. The fourth-order valence-electron chi connectivity index (χ4n) is 1.90. The molecule has 0 atom stereocenters. The molecule has 0 saturated heterocycles. The number of rotatable bonds is 4. The van der Waals surface area contributed by atoms with Crippen molar-refractivity contribution in [2.24, 2.45) is 0 Å². The second-order valence-corrected chi connectivity index (χ2v) is 5.60. The van der Waals surface area contributed by atoms with E-state index >= 15 is 0 Å². The maximum absolute atomic E-state index is 13.6. The lowest BCUT2D eigenvalue weighted by Gasteiger charge is -2.12. The molecular weight excluding hydrogens is 329 g/mol. The summed E-state index contributed by atoms with van der Waals surface area (Å²) in [5.41, 5.74) is 2.78. The smallest absolute Gasteiger partial charge is 0.128 e. The van der Waals surface area contributed by atoms with Gasteiger partial charge in [0.25, 0.3) is 0 Å². The highest BCUT2D eigenvalue weighted by Gasteiger charge is 2.05. The number of benzene rings is 2. The summed E-state index contributed by atoms with van der Waals surface area (Å²) in [6, 6.07) is 10.6. The first-order valence-corrected chi connectivity index (χ1v) is 7.23. The molecule has 0 aliphatic heterocycles. The molecule has 0 aliphatic rings. The number of hydrogen-bond acceptors (Lipinski definition) is 1. The molecule has 1 nitrogen and oxygen atoms in total. The van der Waals surface area contributed by atoms with E-state index in [0.717, 1.165) is 16.6 Å². The minimum absolute atomic E-state index is 0.243. The van der Waals surface area contributed by atoms with Gasteiger partial charge < -0.3 is 5.32 Å². The minimum Gasteiger partial charge on any atom is -0.381 e. The third kappa shape index (κ3) is 3.71. The maximum atomic E-state index is 13.6. The largest absolute Gasteiger partial charge is 0.381 e. The fraction of sp³-hybridized carbons (Fsp3) is 0.200. The Bertz CT molecular complexity index is 586. The minimum atomic E-state index is -0.243. The van der Waals surface area contributed by atoms with E-state index in [0.29, 0.717) is 17.1 Å². The topological polar surface area (TPSA) is 12.0 Å². The summed E-state index contributed by atoms with van der Waals surface area (Å²) >= 11 is 9.33. The molecule has 0 saturated carbocycles. The first kappa shape index (κ1) is 14.4. The Morgan fingerprint density at radius 2 is 1.95 bits per heavy atom. The summed E-state index contributed by atoms with van der Waals surface area (Å²) in [5, 5.41) is 3.80. The van der Waals surface area contributed by atoms with E-state index in [1.54, 1.807) is 12.1 Å². The molecule has 1 N–H and O–H groups in total. The van der Waals surface area contributed by atoms with E-state index in [2.05, 4.69) is 34.2 Å². The second kappa shape index (κ2) is 6.40. The van der Waals surface area contributed by atoms with Crippen LogP contribution in [0.5, 0.6) is 0 Å². The van der Waals surface area contributed by atoms with Gasteiger partial charge in [0, 0.05) is 27.3 Å². The first-order chi connectivity index (χ1) is 9.10. The van der Waals surface area contributed by atoms with Crippen LogP contribution >= 0.6 is 27.5 Å². The van der Waals surface area contributed by atoms with Crippen LogP contribution in [0.25, 0.3) is 0 Å². The molecule has 0 aliphatic carbocycles. The highest BCUT2D eigenvalue weighted by atomic mass is 79.9. The maximum Gasteiger partial charge on any atom is 0.128 e. The Morgan fingerprint density at radius 3 is 2.68 bits per heavy atom. The van der Waals surface area contributed by atoms with Crippen LogP contribution in [0.15, 0.2) is 40.9 Å². The Balaban J connectivity index is 2.16. The van der Waals surface area contributed by atoms with E-state index in [1.807, 2.05) is 12.1 Å². The summed E-state index contributed by atoms with van der Waals surface area (Å²) in [6.45, 7) is 2.51. The number of hydrogen-bond donors (Lipinski definition) is 1. The molecular formula is C15H14BrClFN. The molecule has 2 aromatic carbocycles. The van der Waals surface area contributed by atoms with Crippen LogP contribution < -0.4 is 5.32 Å². The van der Waals surface area contributed by atoms with Crippen molar-refractivity contribution in [1.29, 1.82) is 0 Å². The highest BCUT2D eigenvalue weighted by Crippen LogP contribution is 2.23. The Hall–Kier alpha value is -1.06. The summed E-state index contributed by atoms with van der Waals surface area (Å²) < 4.78 is 14.7. The lowest BCUT2D eigenvalue weighted by molar-refractivity contribution is 0.613. The van der Waals surface area contributed by atoms with Crippen molar-refractivity contribution in [3.63, 3.8) is 0 Å². The SMILES string of the molecule is CCc1cc(Br)ccc1NCc1cc(Cl)ccc1F. The van der Waals surface area contributed by atoms with Crippen molar-refractivity contribution >= 4 is 33.2 Å². The van der Waals surface area contributed by atoms with E-state index in [9.17, 15) is 4.39 Å². The molecule has 0 amide bonds. The van der Waals surface area contributed by atoms with E-state index in [-0.39, 0.29) is 5.82 Å². The number of nitrogens with one attached hydrogen (secondary N) is 1. The predicted molar refractivity (Wildman–Crippen MR) is 82.3 cm³/mol. The summed E-state index contributed by atoms with van der Waals surface area (Å²) in [7, 11) is 0. The third-order valence-electron chi connectivity index (χ3n) is 2.93. The molecule has 0 radical (unpaired) electrons. The Labute approximate surface area is 125 Å². The summed E-state index contributed by atoms with van der Waals surface area (Å²) in [6.07, 6.45) is 0.916. The van der Waals surface area contributed by atoms with Crippen LogP contribution in [0.2, 0.25) is 5.02 Å². The van der Waals surface area contributed by atoms with Gasteiger partial charge in [-0.1, -0.05) is 34.5 Å². The number of anilines is 1. The molecule has 0 heterocycles. The van der Waals surface area contributed by atoms with Gasteiger partial charge in [-0.05, 0) is 48.4 Å². The van der Waals surface area contributed by atoms with Gasteiger partial charge in [0.05, 0.1) is 0 Å². The van der Waals surface area contributed by atoms with Crippen LogP contribution in [-0.2, 0) is 13.0 Å². The first-order valence-electron chi connectivity index (χ1n) is 6.06. The van der Waals surface area contributed by atoms with Crippen molar-refractivity contribution < 1.29 is 4.39 Å². The van der Waals surface area contributed by atoms with Crippen LogP contribution in [-0.4, -0.2) is 0 Å². The summed E-state index contributed by atoms with van der Waals surface area (Å²) in [4.78, 5) is 0. The van der Waals surface area contributed by atoms with Gasteiger partial charge in [0.1, 0.15) is 5.82 Å². The zero-order chi connectivity index (χ0) is 13.8.